The van der Waals surface area contributed by atoms with Crippen LogP contribution in [-0.2, 0) is 6.42 Å². The number of hydrogen-bond donors (Lipinski definition) is 2. The van der Waals surface area contributed by atoms with Gasteiger partial charge in [-0.15, -0.1) is 0 Å². The van der Waals surface area contributed by atoms with Gasteiger partial charge in [0.15, 0.2) is 0 Å². The Labute approximate surface area is 112 Å². The molecule has 0 aromatic heterocycles. The second kappa shape index (κ2) is 6.05. The summed E-state index contributed by atoms with van der Waals surface area (Å²) in [5.74, 6) is 0. The van der Waals surface area contributed by atoms with Gasteiger partial charge in [0, 0.05) is 6.42 Å². The first-order valence-corrected chi connectivity index (χ1v) is 6.53. The molecule has 0 amide bonds. The lowest BCUT2D eigenvalue weighted by molar-refractivity contribution is -0.0790. The Morgan fingerprint density at radius 2 is 1.76 bits per heavy atom. The van der Waals surface area contributed by atoms with E-state index in [-0.39, 0.29) is 0 Å². The van der Waals surface area contributed by atoms with Crippen molar-refractivity contribution in [3.05, 3.63) is 33.8 Å². The van der Waals surface area contributed by atoms with Gasteiger partial charge in [-0.3, -0.25) is 0 Å². The van der Waals surface area contributed by atoms with Crippen LogP contribution in [0, 0.1) is 0 Å². The van der Waals surface area contributed by atoms with E-state index < -0.39 is 11.7 Å². The number of aliphatic hydroxyl groups excluding tert-OH is 1. The zero-order valence-electron chi connectivity index (χ0n) is 10.1. The van der Waals surface area contributed by atoms with Crippen molar-refractivity contribution in [2.75, 3.05) is 0 Å². The molecule has 0 aliphatic heterocycles. The molecule has 0 fully saturated rings. The Morgan fingerprint density at radius 1 is 1.18 bits per heavy atom. The van der Waals surface area contributed by atoms with Gasteiger partial charge in [-0.2, -0.15) is 0 Å². The Morgan fingerprint density at radius 3 is 2.24 bits per heavy atom. The molecular weight excluding hydrogens is 259 g/mol. The van der Waals surface area contributed by atoms with Crippen LogP contribution in [0.3, 0.4) is 0 Å². The van der Waals surface area contributed by atoms with Gasteiger partial charge in [0.1, 0.15) is 0 Å². The van der Waals surface area contributed by atoms with E-state index in [4.69, 9.17) is 23.2 Å². The summed E-state index contributed by atoms with van der Waals surface area (Å²) in [7, 11) is 0. The van der Waals surface area contributed by atoms with E-state index in [1.807, 2.05) is 19.9 Å². The molecule has 2 nitrogen and oxygen atoms in total. The van der Waals surface area contributed by atoms with Crippen molar-refractivity contribution in [3.8, 4) is 0 Å². The fourth-order valence-corrected chi connectivity index (χ4v) is 2.12. The van der Waals surface area contributed by atoms with Crippen molar-refractivity contribution in [2.45, 2.75) is 44.8 Å². The molecule has 1 aromatic rings. The molecule has 96 valence electrons. The highest BCUT2D eigenvalue weighted by Crippen LogP contribution is 2.26. The normalized spacial score (nSPS) is 13.8. The van der Waals surface area contributed by atoms with Gasteiger partial charge in [-0.05, 0) is 30.5 Å². The predicted octanol–water partition coefficient (Wildman–Crippen LogP) is 3.45. The molecule has 0 bridgehead atoms. The van der Waals surface area contributed by atoms with Crippen LogP contribution in [0.25, 0.3) is 0 Å². The monoisotopic (exact) mass is 276 g/mol. The molecule has 0 saturated heterocycles. The molecule has 1 atom stereocenters. The molecule has 4 heteroatoms. The zero-order valence-corrected chi connectivity index (χ0v) is 11.6. The SMILES string of the molecule is CCC(O)(CC)C(O)Cc1ccc(Cl)c(Cl)c1. The third kappa shape index (κ3) is 3.59. The summed E-state index contributed by atoms with van der Waals surface area (Å²) in [6.45, 7) is 3.73. The van der Waals surface area contributed by atoms with E-state index in [9.17, 15) is 10.2 Å². The highest BCUT2D eigenvalue weighted by Gasteiger charge is 2.31. The number of rotatable bonds is 5. The molecule has 1 aromatic carbocycles. The van der Waals surface area contributed by atoms with Gasteiger partial charge in [0.2, 0.25) is 0 Å². The van der Waals surface area contributed by atoms with Crippen LogP contribution in [0.4, 0.5) is 0 Å². The van der Waals surface area contributed by atoms with Crippen LogP contribution in [-0.4, -0.2) is 21.9 Å². The number of aliphatic hydroxyl groups is 2. The van der Waals surface area contributed by atoms with Gasteiger partial charge in [-0.25, -0.2) is 0 Å². The van der Waals surface area contributed by atoms with Crippen LogP contribution in [0.2, 0.25) is 10.0 Å². The number of hydrogen-bond acceptors (Lipinski definition) is 2. The molecule has 0 spiro atoms. The Kier molecular flexibility index (Phi) is 5.26. The van der Waals surface area contributed by atoms with E-state index in [0.717, 1.165) is 5.56 Å². The molecule has 17 heavy (non-hydrogen) atoms. The summed E-state index contributed by atoms with van der Waals surface area (Å²) < 4.78 is 0. The maximum absolute atomic E-state index is 10.2. The number of benzene rings is 1. The molecule has 0 saturated carbocycles. The smallest absolute Gasteiger partial charge is 0.0903 e. The molecule has 2 N–H and O–H groups in total. The lowest BCUT2D eigenvalue weighted by Gasteiger charge is -2.31. The van der Waals surface area contributed by atoms with E-state index in [0.29, 0.717) is 29.3 Å². The minimum Gasteiger partial charge on any atom is -0.390 e. The fraction of sp³-hybridized carbons (Fsp3) is 0.538. The van der Waals surface area contributed by atoms with Crippen LogP contribution >= 0.6 is 23.2 Å². The minimum atomic E-state index is -1.04. The molecule has 1 rings (SSSR count). The van der Waals surface area contributed by atoms with E-state index in [1.54, 1.807) is 12.1 Å². The Hall–Kier alpha value is -0.280. The average molecular weight is 277 g/mol. The van der Waals surface area contributed by atoms with Gasteiger partial charge < -0.3 is 10.2 Å². The summed E-state index contributed by atoms with van der Waals surface area (Å²) >= 11 is 11.7. The summed E-state index contributed by atoms with van der Waals surface area (Å²) in [6.07, 6.45) is 0.613. The van der Waals surface area contributed by atoms with Gasteiger partial charge in [-0.1, -0.05) is 43.1 Å². The Bertz CT molecular complexity index is 376. The standard InChI is InChI=1S/C13H18Cl2O2/c1-3-13(17,4-2)12(16)8-9-5-6-10(14)11(15)7-9/h5-7,12,16-17H,3-4,8H2,1-2H3. The molecule has 0 aliphatic carbocycles. The highest BCUT2D eigenvalue weighted by atomic mass is 35.5. The lowest BCUT2D eigenvalue weighted by atomic mass is 9.87. The zero-order chi connectivity index (χ0) is 13.1. The van der Waals surface area contributed by atoms with Gasteiger partial charge >= 0.3 is 0 Å². The van der Waals surface area contributed by atoms with E-state index in [1.165, 1.54) is 0 Å². The third-order valence-corrected chi connectivity index (χ3v) is 4.00. The maximum Gasteiger partial charge on any atom is 0.0903 e. The van der Waals surface area contributed by atoms with Crippen molar-refractivity contribution in [1.82, 2.24) is 0 Å². The third-order valence-electron chi connectivity index (χ3n) is 3.26. The Balaban J connectivity index is 2.80. The second-order valence-electron chi connectivity index (χ2n) is 4.28. The van der Waals surface area contributed by atoms with Crippen molar-refractivity contribution >= 4 is 23.2 Å². The van der Waals surface area contributed by atoms with Crippen LogP contribution in [0.15, 0.2) is 18.2 Å². The van der Waals surface area contributed by atoms with Crippen molar-refractivity contribution < 1.29 is 10.2 Å². The maximum atomic E-state index is 10.2. The lowest BCUT2D eigenvalue weighted by Crippen LogP contribution is -2.42. The quantitative estimate of drug-likeness (QED) is 0.865. The van der Waals surface area contributed by atoms with Gasteiger partial charge in [0.05, 0.1) is 21.8 Å². The largest absolute Gasteiger partial charge is 0.390 e. The molecule has 1 unspecified atom stereocenters. The van der Waals surface area contributed by atoms with Crippen LogP contribution in [0.5, 0.6) is 0 Å². The second-order valence-corrected chi connectivity index (χ2v) is 5.09. The first-order chi connectivity index (χ1) is 7.92. The average Bonchev–Trinajstić information content (AvgIpc) is 2.32. The van der Waals surface area contributed by atoms with Crippen LogP contribution in [0.1, 0.15) is 32.3 Å². The molecule has 0 aliphatic rings. The van der Waals surface area contributed by atoms with Crippen molar-refractivity contribution in [1.29, 1.82) is 0 Å². The van der Waals surface area contributed by atoms with Crippen molar-refractivity contribution in [2.24, 2.45) is 0 Å². The predicted molar refractivity (Wildman–Crippen MR) is 71.7 cm³/mol. The summed E-state index contributed by atoms with van der Waals surface area (Å²) in [6, 6.07) is 5.23. The first-order valence-electron chi connectivity index (χ1n) is 5.77. The van der Waals surface area contributed by atoms with E-state index in [2.05, 4.69) is 0 Å². The highest BCUT2D eigenvalue weighted by molar-refractivity contribution is 6.42. The first kappa shape index (κ1) is 14.8. The van der Waals surface area contributed by atoms with Crippen molar-refractivity contribution in [3.63, 3.8) is 0 Å². The fourth-order valence-electron chi connectivity index (χ4n) is 1.80. The summed E-state index contributed by atoms with van der Waals surface area (Å²) in [4.78, 5) is 0. The summed E-state index contributed by atoms with van der Waals surface area (Å²) in [5.41, 5.74) is -0.168. The van der Waals surface area contributed by atoms with Gasteiger partial charge in [0.25, 0.3) is 0 Å². The molecular formula is C13H18Cl2O2. The minimum absolute atomic E-state index is 0.370. The molecule has 0 heterocycles. The summed E-state index contributed by atoms with van der Waals surface area (Å²) in [5, 5.41) is 21.2. The van der Waals surface area contributed by atoms with Crippen LogP contribution < -0.4 is 0 Å². The van der Waals surface area contributed by atoms with E-state index >= 15 is 0 Å². The number of halogens is 2. The molecule has 0 radical (unpaired) electrons. The topological polar surface area (TPSA) is 40.5 Å².